The summed E-state index contributed by atoms with van der Waals surface area (Å²) in [6, 6.07) is 8.08. The van der Waals surface area contributed by atoms with Crippen LogP contribution < -0.4 is 0 Å². The molecule has 10 heteroatoms. The molecule has 1 amide bonds. The summed E-state index contributed by atoms with van der Waals surface area (Å²) in [6.45, 7) is 6.65. The predicted octanol–water partition coefficient (Wildman–Crippen LogP) is 3.76. The molecule has 0 aliphatic carbocycles. The van der Waals surface area contributed by atoms with E-state index >= 15 is 0 Å². The van der Waals surface area contributed by atoms with Gasteiger partial charge < -0.3 is 9.47 Å². The number of piperazine rings is 1. The van der Waals surface area contributed by atoms with Gasteiger partial charge in [0.05, 0.1) is 22.3 Å². The molecule has 1 aliphatic rings. The second-order valence-electron chi connectivity index (χ2n) is 8.62. The minimum Gasteiger partial charge on any atom is -0.338 e. The molecule has 33 heavy (non-hydrogen) atoms. The number of carbonyl (C=O) groups excluding carboxylic acids is 1. The first-order valence-corrected chi connectivity index (χ1v) is 10.8. The second-order valence-corrected chi connectivity index (χ2v) is 8.62. The van der Waals surface area contributed by atoms with Crippen LogP contribution in [-0.2, 0) is 11.3 Å². The molecule has 8 nitrogen and oxygen atoms in total. The van der Waals surface area contributed by atoms with Crippen LogP contribution in [0.3, 0.4) is 0 Å². The van der Waals surface area contributed by atoms with Crippen molar-refractivity contribution in [1.82, 2.24) is 19.4 Å². The Morgan fingerprint density at radius 3 is 2.48 bits per heavy atom. The van der Waals surface area contributed by atoms with Crippen LogP contribution in [0.25, 0.3) is 11.0 Å². The Bertz CT molecular complexity index is 1190. The van der Waals surface area contributed by atoms with Crippen LogP contribution in [0.4, 0.5) is 14.5 Å². The molecule has 4 rings (SSSR count). The highest BCUT2D eigenvalue weighted by atomic mass is 19.2. The third-order valence-corrected chi connectivity index (χ3v) is 6.01. The monoisotopic (exact) mass is 457 g/mol. The summed E-state index contributed by atoms with van der Waals surface area (Å²) in [5.74, 6) is -2.14. The molecule has 1 fully saturated rings. The molecular formula is C23H25F2N5O3. The highest BCUT2D eigenvalue weighted by Gasteiger charge is 2.32. The quantitative estimate of drug-likeness (QED) is 0.416. The number of aromatic nitrogens is 2. The maximum atomic E-state index is 13.9. The highest BCUT2D eigenvalue weighted by molar-refractivity contribution is 5.84. The first-order valence-electron chi connectivity index (χ1n) is 10.8. The Morgan fingerprint density at radius 1 is 1.12 bits per heavy atom. The van der Waals surface area contributed by atoms with Gasteiger partial charge in [-0.1, -0.05) is 26.0 Å². The maximum Gasteiger partial charge on any atom is 0.269 e. The lowest BCUT2D eigenvalue weighted by atomic mass is 10.0. The van der Waals surface area contributed by atoms with E-state index < -0.39 is 22.6 Å². The van der Waals surface area contributed by atoms with Crippen LogP contribution in [0.2, 0.25) is 0 Å². The Labute approximate surface area is 189 Å². The molecule has 0 N–H and O–H groups in total. The molecule has 0 saturated carbocycles. The van der Waals surface area contributed by atoms with E-state index in [0.29, 0.717) is 43.8 Å². The molecule has 1 unspecified atom stereocenters. The lowest BCUT2D eigenvalue weighted by molar-refractivity contribution is -0.384. The van der Waals surface area contributed by atoms with Gasteiger partial charge in [-0.05, 0) is 11.5 Å². The zero-order valence-corrected chi connectivity index (χ0v) is 18.4. The van der Waals surface area contributed by atoms with Gasteiger partial charge in [-0.15, -0.1) is 0 Å². The molecule has 2 aromatic carbocycles. The van der Waals surface area contributed by atoms with Crippen molar-refractivity contribution in [3.63, 3.8) is 0 Å². The normalized spacial score (nSPS) is 15.8. The van der Waals surface area contributed by atoms with Gasteiger partial charge in [0.2, 0.25) is 5.91 Å². The number of fused-ring (bicyclic) bond motifs is 1. The zero-order valence-electron chi connectivity index (χ0n) is 18.4. The summed E-state index contributed by atoms with van der Waals surface area (Å²) >= 11 is 0. The van der Waals surface area contributed by atoms with Crippen LogP contribution >= 0.6 is 0 Å². The van der Waals surface area contributed by atoms with E-state index in [4.69, 9.17) is 0 Å². The van der Waals surface area contributed by atoms with Gasteiger partial charge in [0.25, 0.3) is 5.69 Å². The van der Waals surface area contributed by atoms with Crippen molar-refractivity contribution < 1.29 is 18.5 Å². The Morgan fingerprint density at radius 2 is 1.82 bits per heavy atom. The average Bonchev–Trinajstić information content (AvgIpc) is 3.16. The molecule has 1 atom stereocenters. The fourth-order valence-electron chi connectivity index (χ4n) is 4.31. The molecule has 3 aromatic rings. The minimum atomic E-state index is -0.978. The predicted molar refractivity (Wildman–Crippen MR) is 118 cm³/mol. The summed E-state index contributed by atoms with van der Waals surface area (Å²) in [6.07, 6.45) is 1.46. The van der Waals surface area contributed by atoms with E-state index in [1.165, 1.54) is 12.4 Å². The number of nitro benzene ring substituents is 1. The first-order chi connectivity index (χ1) is 15.7. The molecule has 0 spiro atoms. The van der Waals surface area contributed by atoms with Crippen LogP contribution in [0, 0.1) is 27.7 Å². The van der Waals surface area contributed by atoms with Crippen LogP contribution in [0.15, 0.2) is 42.7 Å². The van der Waals surface area contributed by atoms with Crippen molar-refractivity contribution in [2.24, 2.45) is 5.92 Å². The average molecular weight is 457 g/mol. The number of hydrogen-bond acceptors (Lipinski definition) is 5. The summed E-state index contributed by atoms with van der Waals surface area (Å²) in [7, 11) is 0. The highest BCUT2D eigenvalue weighted by Crippen LogP contribution is 2.27. The largest absolute Gasteiger partial charge is 0.338 e. The van der Waals surface area contributed by atoms with E-state index in [2.05, 4.69) is 9.88 Å². The zero-order chi connectivity index (χ0) is 23.7. The van der Waals surface area contributed by atoms with Gasteiger partial charge in [-0.3, -0.25) is 19.8 Å². The van der Waals surface area contributed by atoms with Gasteiger partial charge in [0.1, 0.15) is 6.04 Å². The second kappa shape index (κ2) is 9.22. The minimum absolute atomic E-state index is 0.0602. The SMILES string of the molecule is CC(C)C(C(=O)N1CCN(Cc2cccc([N+](=O)[O-])c2)CC1)n1cnc2cc(F)c(F)cc21. The van der Waals surface area contributed by atoms with Crippen molar-refractivity contribution in [1.29, 1.82) is 0 Å². The summed E-state index contributed by atoms with van der Waals surface area (Å²) in [4.78, 5) is 32.1. The number of imidazole rings is 1. The number of non-ortho nitro benzene ring substituents is 1. The fourth-order valence-corrected chi connectivity index (χ4v) is 4.31. The van der Waals surface area contributed by atoms with E-state index in [1.807, 2.05) is 19.9 Å². The summed E-state index contributed by atoms with van der Waals surface area (Å²) in [5.41, 5.74) is 1.59. The van der Waals surface area contributed by atoms with Crippen molar-refractivity contribution in [3.8, 4) is 0 Å². The number of halogens is 2. The molecule has 0 bridgehead atoms. The number of carbonyl (C=O) groups is 1. The number of hydrogen-bond donors (Lipinski definition) is 0. The number of amides is 1. The van der Waals surface area contributed by atoms with Crippen molar-refractivity contribution in [2.45, 2.75) is 26.4 Å². The lowest BCUT2D eigenvalue weighted by Gasteiger charge is -2.37. The molecule has 174 valence electrons. The van der Waals surface area contributed by atoms with E-state index in [9.17, 15) is 23.7 Å². The molecule has 0 radical (unpaired) electrons. The van der Waals surface area contributed by atoms with Crippen molar-refractivity contribution in [2.75, 3.05) is 26.2 Å². The third kappa shape index (κ3) is 4.70. The van der Waals surface area contributed by atoms with E-state index in [1.54, 1.807) is 21.6 Å². The van der Waals surface area contributed by atoms with E-state index in [-0.39, 0.29) is 17.5 Å². The molecule has 1 aromatic heterocycles. The van der Waals surface area contributed by atoms with E-state index in [0.717, 1.165) is 17.7 Å². The Hall–Kier alpha value is -3.40. The van der Waals surface area contributed by atoms with Gasteiger partial charge in [-0.25, -0.2) is 13.8 Å². The Balaban J connectivity index is 1.46. The maximum absolute atomic E-state index is 13.9. The third-order valence-electron chi connectivity index (χ3n) is 6.01. The molecule has 2 heterocycles. The molecule has 1 aliphatic heterocycles. The van der Waals surface area contributed by atoms with Gasteiger partial charge in [0.15, 0.2) is 11.6 Å². The lowest BCUT2D eigenvalue weighted by Crippen LogP contribution is -2.50. The fraction of sp³-hybridized carbons (Fsp3) is 0.391. The standard InChI is InChI=1S/C23H25F2N5O3/c1-15(2)22(29-14-26-20-11-18(24)19(25)12-21(20)29)23(31)28-8-6-27(7-9-28)13-16-4-3-5-17(10-16)30(32)33/h3-5,10-12,14-15,22H,6-9,13H2,1-2H3. The molecular weight excluding hydrogens is 432 g/mol. The number of rotatable bonds is 6. The van der Waals surface area contributed by atoms with Crippen LogP contribution in [0.1, 0.15) is 25.5 Å². The number of nitro groups is 1. The number of benzene rings is 2. The van der Waals surface area contributed by atoms with Crippen molar-refractivity contribution >= 4 is 22.6 Å². The summed E-state index contributed by atoms with van der Waals surface area (Å²) in [5, 5.41) is 11.0. The van der Waals surface area contributed by atoms with Crippen molar-refractivity contribution in [3.05, 3.63) is 70.0 Å². The smallest absolute Gasteiger partial charge is 0.269 e. The van der Waals surface area contributed by atoms with Crippen LogP contribution in [-0.4, -0.2) is 56.4 Å². The van der Waals surface area contributed by atoms with Crippen LogP contribution in [0.5, 0.6) is 0 Å². The van der Waals surface area contributed by atoms with Gasteiger partial charge >= 0.3 is 0 Å². The molecule has 1 saturated heterocycles. The van der Waals surface area contributed by atoms with Gasteiger partial charge in [0, 0.05) is 57.0 Å². The Kier molecular flexibility index (Phi) is 6.37. The number of nitrogens with zero attached hydrogens (tertiary/aromatic N) is 5. The summed E-state index contributed by atoms with van der Waals surface area (Å²) < 4.78 is 29.1. The van der Waals surface area contributed by atoms with Gasteiger partial charge in [-0.2, -0.15) is 0 Å². The topological polar surface area (TPSA) is 84.5 Å². The first kappa shape index (κ1) is 22.8.